The molecule has 0 radical (unpaired) electrons. The van der Waals surface area contributed by atoms with Gasteiger partial charge >= 0.3 is 0 Å². The van der Waals surface area contributed by atoms with Gasteiger partial charge in [-0.25, -0.2) is 0 Å². The van der Waals surface area contributed by atoms with Crippen LogP contribution in [0.2, 0.25) is 0 Å². The van der Waals surface area contributed by atoms with Gasteiger partial charge in [-0.2, -0.15) is 0 Å². The Kier molecular flexibility index (Phi) is 2.55. The van der Waals surface area contributed by atoms with Gasteiger partial charge in [0.15, 0.2) is 11.9 Å². The lowest BCUT2D eigenvalue weighted by atomic mass is 9.83. The van der Waals surface area contributed by atoms with Gasteiger partial charge in [-0.05, 0) is 38.0 Å². The maximum absolute atomic E-state index is 12.5. The fourth-order valence-corrected chi connectivity index (χ4v) is 2.70. The van der Waals surface area contributed by atoms with Crippen LogP contribution in [0.4, 0.5) is 0 Å². The van der Waals surface area contributed by atoms with E-state index in [-0.39, 0.29) is 5.78 Å². The second-order valence-electron chi connectivity index (χ2n) is 5.00. The van der Waals surface area contributed by atoms with Gasteiger partial charge in [0, 0.05) is 6.61 Å². The Morgan fingerprint density at radius 1 is 1.44 bits per heavy atom. The van der Waals surface area contributed by atoms with E-state index in [2.05, 4.69) is 0 Å². The number of fused-ring (bicyclic) bond motifs is 2. The molecule has 4 heteroatoms. The Labute approximate surface area is 106 Å². The molecule has 0 aromatic heterocycles. The predicted octanol–water partition coefficient (Wildman–Crippen LogP) is 2.21. The maximum Gasteiger partial charge on any atom is 0.199 e. The minimum Gasteiger partial charge on any atom is -0.497 e. The van der Waals surface area contributed by atoms with Gasteiger partial charge in [0.25, 0.3) is 0 Å². The highest BCUT2D eigenvalue weighted by molar-refractivity contribution is 6.04. The van der Waals surface area contributed by atoms with Gasteiger partial charge < -0.3 is 14.2 Å². The van der Waals surface area contributed by atoms with Crippen molar-refractivity contribution < 1.29 is 19.0 Å². The van der Waals surface area contributed by atoms with Crippen LogP contribution in [0, 0.1) is 0 Å². The Bertz CT molecular complexity index is 497. The maximum atomic E-state index is 12.5. The van der Waals surface area contributed by atoms with Crippen molar-refractivity contribution in [3.8, 4) is 11.5 Å². The van der Waals surface area contributed by atoms with Crippen molar-refractivity contribution in [2.45, 2.75) is 31.5 Å². The summed E-state index contributed by atoms with van der Waals surface area (Å²) in [6.07, 6.45) is 1.27. The van der Waals surface area contributed by atoms with Gasteiger partial charge in [0.05, 0.1) is 12.7 Å². The summed E-state index contributed by atoms with van der Waals surface area (Å²) in [7, 11) is 1.58. The highest BCUT2D eigenvalue weighted by atomic mass is 16.6. The molecule has 2 aliphatic rings. The molecule has 2 heterocycles. The molecular weight excluding hydrogens is 232 g/mol. The molecule has 1 fully saturated rings. The molecule has 3 rings (SSSR count). The van der Waals surface area contributed by atoms with Crippen LogP contribution in [0.15, 0.2) is 18.2 Å². The fourth-order valence-electron chi connectivity index (χ4n) is 2.70. The largest absolute Gasteiger partial charge is 0.497 e. The Morgan fingerprint density at radius 2 is 2.28 bits per heavy atom. The van der Waals surface area contributed by atoms with E-state index in [1.807, 2.05) is 6.92 Å². The van der Waals surface area contributed by atoms with E-state index in [9.17, 15) is 4.79 Å². The molecule has 0 unspecified atom stereocenters. The smallest absolute Gasteiger partial charge is 0.199 e. The molecule has 0 amide bonds. The van der Waals surface area contributed by atoms with Crippen LogP contribution in [-0.4, -0.2) is 31.2 Å². The van der Waals surface area contributed by atoms with Crippen LogP contribution >= 0.6 is 0 Å². The zero-order valence-electron chi connectivity index (χ0n) is 10.6. The summed E-state index contributed by atoms with van der Waals surface area (Å²) in [5.74, 6) is 1.28. The van der Waals surface area contributed by atoms with Crippen LogP contribution in [-0.2, 0) is 4.74 Å². The third-order valence-corrected chi connectivity index (χ3v) is 3.69. The van der Waals surface area contributed by atoms with Crippen molar-refractivity contribution in [3.63, 3.8) is 0 Å². The van der Waals surface area contributed by atoms with Gasteiger partial charge in [-0.3, -0.25) is 4.79 Å². The van der Waals surface area contributed by atoms with E-state index in [1.165, 1.54) is 0 Å². The third kappa shape index (κ3) is 1.60. The molecular formula is C14H16O4. The monoisotopic (exact) mass is 248 g/mol. The number of methoxy groups -OCH3 is 1. The summed E-state index contributed by atoms with van der Waals surface area (Å²) >= 11 is 0. The number of carbonyl (C=O) groups is 1. The molecule has 96 valence electrons. The number of hydrogen-bond donors (Lipinski definition) is 0. The highest BCUT2D eigenvalue weighted by Gasteiger charge is 2.48. The predicted molar refractivity (Wildman–Crippen MR) is 65.3 cm³/mol. The Balaban J connectivity index is 2.06. The quantitative estimate of drug-likeness (QED) is 0.764. The number of rotatable bonds is 1. The summed E-state index contributed by atoms with van der Waals surface area (Å²) < 4.78 is 16.7. The van der Waals surface area contributed by atoms with E-state index in [0.717, 1.165) is 12.8 Å². The number of benzene rings is 1. The topological polar surface area (TPSA) is 44.8 Å². The van der Waals surface area contributed by atoms with E-state index in [1.54, 1.807) is 25.3 Å². The highest BCUT2D eigenvalue weighted by Crippen LogP contribution is 2.40. The number of hydrogen-bond acceptors (Lipinski definition) is 4. The van der Waals surface area contributed by atoms with Gasteiger partial charge in [-0.15, -0.1) is 0 Å². The molecule has 1 saturated heterocycles. The first-order valence-electron chi connectivity index (χ1n) is 6.17. The second kappa shape index (κ2) is 3.99. The normalized spacial score (nSPS) is 30.1. The SMILES string of the molecule is COc1ccc2c(c1)C(=O)[C@@H]1OCCC[C@@]1(C)O2. The number of ketones is 1. The lowest BCUT2D eigenvalue weighted by Gasteiger charge is -2.43. The molecule has 0 aliphatic carbocycles. The molecule has 18 heavy (non-hydrogen) atoms. The minimum absolute atomic E-state index is 0.00245. The third-order valence-electron chi connectivity index (χ3n) is 3.69. The van der Waals surface area contributed by atoms with E-state index in [0.29, 0.717) is 23.7 Å². The van der Waals surface area contributed by atoms with Crippen molar-refractivity contribution in [2.24, 2.45) is 0 Å². The lowest BCUT2D eigenvalue weighted by molar-refractivity contribution is -0.106. The van der Waals surface area contributed by atoms with Crippen molar-refractivity contribution in [2.75, 3.05) is 13.7 Å². The van der Waals surface area contributed by atoms with Crippen molar-refractivity contribution in [3.05, 3.63) is 23.8 Å². The first kappa shape index (κ1) is 11.5. The van der Waals surface area contributed by atoms with E-state index >= 15 is 0 Å². The van der Waals surface area contributed by atoms with Gasteiger partial charge in [0.2, 0.25) is 0 Å². The number of ether oxygens (including phenoxy) is 3. The zero-order valence-corrected chi connectivity index (χ0v) is 10.6. The van der Waals surface area contributed by atoms with Crippen molar-refractivity contribution in [1.82, 2.24) is 0 Å². The van der Waals surface area contributed by atoms with Gasteiger partial charge in [-0.1, -0.05) is 0 Å². The molecule has 4 nitrogen and oxygen atoms in total. The zero-order chi connectivity index (χ0) is 12.8. The lowest BCUT2D eigenvalue weighted by Crippen LogP contribution is -2.56. The molecule has 2 atom stereocenters. The van der Waals surface area contributed by atoms with Crippen molar-refractivity contribution in [1.29, 1.82) is 0 Å². The van der Waals surface area contributed by atoms with E-state index < -0.39 is 11.7 Å². The Hall–Kier alpha value is -1.55. The molecule has 0 bridgehead atoms. The fraction of sp³-hybridized carbons (Fsp3) is 0.500. The summed E-state index contributed by atoms with van der Waals surface area (Å²) in [6.45, 7) is 2.57. The minimum atomic E-state index is -0.531. The number of carbonyl (C=O) groups excluding carboxylic acids is 1. The first-order valence-corrected chi connectivity index (χ1v) is 6.17. The van der Waals surface area contributed by atoms with Gasteiger partial charge in [0.1, 0.15) is 17.1 Å². The standard InChI is InChI=1S/C14H16O4/c1-14-6-3-7-17-13(14)12(15)10-8-9(16-2)4-5-11(10)18-14/h4-5,8,13H,3,6-7H2,1-2H3/t13-,14+/m0/s1. The molecule has 2 aliphatic heterocycles. The van der Waals surface area contributed by atoms with E-state index in [4.69, 9.17) is 14.2 Å². The molecule has 1 aromatic rings. The van der Waals surface area contributed by atoms with Crippen LogP contribution in [0.1, 0.15) is 30.1 Å². The molecule has 0 spiro atoms. The molecule has 0 saturated carbocycles. The summed E-state index contributed by atoms with van der Waals surface area (Å²) in [6, 6.07) is 5.32. The van der Waals surface area contributed by atoms with Crippen molar-refractivity contribution >= 4 is 5.78 Å². The molecule has 0 N–H and O–H groups in total. The summed E-state index contributed by atoms with van der Waals surface area (Å²) in [5.41, 5.74) is 0.0235. The second-order valence-corrected chi connectivity index (χ2v) is 5.00. The van der Waals surface area contributed by atoms with Crippen LogP contribution in [0.25, 0.3) is 0 Å². The van der Waals surface area contributed by atoms with Crippen LogP contribution in [0.5, 0.6) is 11.5 Å². The Morgan fingerprint density at radius 3 is 3.06 bits per heavy atom. The average Bonchev–Trinajstić information content (AvgIpc) is 2.38. The summed E-state index contributed by atoms with van der Waals surface area (Å²) in [4.78, 5) is 12.5. The average molecular weight is 248 g/mol. The first-order chi connectivity index (χ1) is 8.64. The summed E-state index contributed by atoms with van der Waals surface area (Å²) in [5, 5.41) is 0. The molecule has 1 aromatic carbocycles. The number of Topliss-reactive ketones (excluding diaryl/α,β-unsaturated/α-hetero) is 1. The van der Waals surface area contributed by atoms with Crippen LogP contribution in [0.3, 0.4) is 0 Å². The van der Waals surface area contributed by atoms with Crippen LogP contribution < -0.4 is 9.47 Å².